The van der Waals surface area contributed by atoms with Crippen LogP contribution >= 0.6 is 0 Å². The van der Waals surface area contributed by atoms with Crippen LogP contribution in [0.5, 0.6) is 0 Å². The summed E-state index contributed by atoms with van der Waals surface area (Å²) in [5, 5.41) is 9.54. The standard InChI is InChI=1S/C14H15NO5/c1-15(7-12(16)17)14(18)13-10(8-19-2)9-5-3-4-6-11(9)20-13/h3-6H,7-8H2,1-2H3,(H,16,17). The summed E-state index contributed by atoms with van der Waals surface area (Å²) >= 11 is 0. The van der Waals surface area contributed by atoms with E-state index in [2.05, 4.69) is 0 Å². The molecule has 106 valence electrons. The van der Waals surface area contributed by atoms with Gasteiger partial charge in [0, 0.05) is 25.1 Å². The maximum Gasteiger partial charge on any atom is 0.323 e. The molecule has 2 rings (SSSR count). The molecule has 6 nitrogen and oxygen atoms in total. The molecule has 1 N–H and O–H groups in total. The highest BCUT2D eigenvalue weighted by molar-refractivity contribution is 5.99. The number of rotatable bonds is 5. The summed E-state index contributed by atoms with van der Waals surface area (Å²) in [7, 11) is 2.94. The van der Waals surface area contributed by atoms with Gasteiger partial charge in [0.25, 0.3) is 5.91 Å². The Labute approximate surface area is 115 Å². The first-order valence-electron chi connectivity index (χ1n) is 6.01. The second-order valence-corrected chi connectivity index (χ2v) is 4.39. The summed E-state index contributed by atoms with van der Waals surface area (Å²) in [6.07, 6.45) is 0. The normalized spacial score (nSPS) is 10.7. The minimum Gasteiger partial charge on any atom is -0.480 e. The molecule has 1 heterocycles. The fraction of sp³-hybridized carbons (Fsp3) is 0.286. The number of benzene rings is 1. The molecule has 0 bridgehead atoms. The molecule has 2 aromatic rings. The first-order valence-corrected chi connectivity index (χ1v) is 6.01. The van der Waals surface area contributed by atoms with Gasteiger partial charge in [-0.2, -0.15) is 0 Å². The number of para-hydroxylation sites is 1. The quantitative estimate of drug-likeness (QED) is 0.900. The van der Waals surface area contributed by atoms with Crippen LogP contribution in [0.4, 0.5) is 0 Å². The van der Waals surface area contributed by atoms with Gasteiger partial charge in [-0.25, -0.2) is 0 Å². The van der Waals surface area contributed by atoms with Crippen molar-refractivity contribution in [1.29, 1.82) is 0 Å². The first-order chi connectivity index (χ1) is 9.54. The number of amides is 1. The molecule has 0 fully saturated rings. The number of furan rings is 1. The average molecular weight is 277 g/mol. The summed E-state index contributed by atoms with van der Waals surface area (Å²) in [4.78, 5) is 24.0. The molecular weight excluding hydrogens is 262 g/mol. The predicted octanol–water partition coefficient (Wildman–Crippen LogP) is 1.74. The summed E-state index contributed by atoms with van der Waals surface area (Å²) in [5.74, 6) is -1.43. The van der Waals surface area contributed by atoms with E-state index in [-0.39, 0.29) is 18.9 Å². The first kappa shape index (κ1) is 14.1. The smallest absolute Gasteiger partial charge is 0.323 e. The molecule has 0 aliphatic carbocycles. The van der Waals surface area contributed by atoms with Crippen LogP contribution in [0.3, 0.4) is 0 Å². The van der Waals surface area contributed by atoms with Crippen LogP contribution < -0.4 is 0 Å². The molecule has 0 aliphatic rings. The molecule has 0 spiro atoms. The van der Waals surface area contributed by atoms with Crippen molar-refractivity contribution in [2.45, 2.75) is 6.61 Å². The lowest BCUT2D eigenvalue weighted by Crippen LogP contribution is -2.32. The molecule has 0 atom stereocenters. The number of hydrogen-bond acceptors (Lipinski definition) is 4. The molecule has 0 unspecified atom stereocenters. The van der Waals surface area contributed by atoms with Crippen LogP contribution in [-0.4, -0.2) is 42.6 Å². The number of ether oxygens (including phenoxy) is 1. The van der Waals surface area contributed by atoms with Gasteiger partial charge in [0.05, 0.1) is 6.61 Å². The van der Waals surface area contributed by atoms with E-state index in [9.17, 15) is 9.59 Å². The SMILES string of the molecule is COCc1c(C(=O)N(C)CC(=O)O)oc2ccccc12. The molecule has 20 heavy (non-hydrogen) atoms. The van der Waals surface area contributed by atoms with Gasteiger partial charge >= 0.3 is 5.97 Å². The van der Waals surface area contributed by atoms with Gasteiger partial charge in [-0.1, -0.05) is 18.2 Å². The van der Waals surface area contributed by atoms with Crippen LogP contribution in [-0.2, 0) is 16.1 Å². The third kappa shape index (κ3) is 2.65. The molecule has 0 saturated carbocycles. The Bertz CT molecular complexity index is 646. The number of carbonyl (C=O) groups is 2. The molecule has 1 aromatic heterocycles. The van der Waals surface area contributed by atoms with E-state index in [1.165, 1.54) is 14.2 Å². The van der Waals surface area contributed by atoms with E-state index >= 15 is 0 Å². The third-order valence-corrected chi connectivity index (χ3v) is 2.90. The highest BCUT2D eigenvalue weighted by Gasteiger charge is 2.24. The number of hydrogen-bond donors (Lipinski definition) is 1. The van der Waals surface area contributed by atoms with Crippen molar-refractivity contribution < 1.29 is 23.8 Å². The van der Waals surface area contributed by atoms with Crippen LogP contribution in [0, 0.1) is 0 Å². The Balaban J connectivity index is 2.44. The number of aliphatic carboxylic acids is 1. The zero-order valence-corrected chi connectivity index (χ0v) is 11.3. The van der Waals surface area contributed by atoms with Crippen LogP contribution in [0.2, 0.25) is 0 Å². The van der Waals surface area contributed by atoms with Crippen molar-refractivity contribution in [2.24, 2.45) is 0 Å². The number of carbonyl (C=O) groups excluding carboxylic acids is 1. The highest BCUT2D eigenvalue weighted by atomic mass is 16.5. The molecule has 6 heteroatoms. The Morgan fingerprint density at radius 3 is 2.70 bits per heavy atom. The number of likely N-dealkylation sites (N-methyl/N-ethyl adjacent to an activating group) is 1. The minimum absolute atomic E-state index is 0.122. The molecule has 0 radical (unpaired) electrons. The van der Waals surface area contributed by atoms with Crippen LogP contribution in [0.25, 0.3) is 11.0 Å². The number of nitrogens with zero attached hydrogens (tertiary/aromatic N) is 1. The topological polar surface area (TPSA) is 80.0 Å². The maximum atomic E-state index is 12.3. The fourth-order valence-corrected chi connectivity index (χ4v) is 2.01. The second-order valence-electron chi connectivity index (χ2n) is 4.39. The van der Waals surface area contributed by atoms with E-state index in [1.54, 1.807) is 12.1 Å². The van der Waals surface area contributed by atoms with Crippen molar-refractivity contribution in [3.05, 3.63) is 35.6 Å². The van der Waals surface area contributed by atoms with Crippen molar-refractivity contribution in [1.82, 2.24) is 4.90 Å². The van der Waals surface area contributed by atoms with Crippen molar-refractivity contribution >= 4 is 22.8 Å². The fourth-order valence-electron chi connectivity index (χ4n) is 2.01. The Morgan fingerprint density at radius 1 is 1.35 bits per heavy atom. The van der Waals surface area contributed by atoms with Gasteiger partial charge in [-0.15, -0.1) is 0 Å². The van der Waals surface area contributed by atoms with Gasteiger partial charge in [0.15, 0.2) is 5.76 Å². The van der Waals surface area contributed by atoms with Crippen molar-refractivity contribution in [2.75, 3.05) is 20.7 Å². The van der Waals surface area contributed by atoms with Gasteiger partial charge in [0.1, 0.15) is 12.1 Å². The lowest BCUT2D eigenvalue weighted by Gasteiger charge is -2.13. The van der Waals surface area contributed by atoms with Crippen LogP contribution in [0.1, 0.15) is 16.1 Å². The molecule has 1 amide bonds. The van der Waals surface area contributed by atoms with E-state index in [0.717, 1.165) is 10.3 Å². The molecular formula is C14H15NO5. The molecule has 1 aromatic carbocycles. The Hall–Kier alpha value is -2.34. The lowest BCUT2D eigenvalue weighted by atomic mass is 10.1. The summed E-state index contributed by atoms with van der Waals surface area (Å²) < 4.78 is 10.7. The van der Waals surface area contributed by atoms with Crippen molar-refractivity contribution in [3.63, 3.8) is 0 Å². The van der Waals surface area contributed by atoms with Gasteiger partial charge < -0.3 is 19.2 Å². The Kier molecular flexibility index (Phi) is 4.05. The van der Waals surface area contributed by atoms with E-state index in [1.807, 2.05) is 12.1 Å². The van der Waals surface area contributed by atoms with E-state index in [4.69, 9.17) is 14.3 Å². The number of carboxylic acids is 1. The largest absolute Gasteiger partial charge is 0.480 e. The minimum atomic E-state index is -1.08. The monoisotopic (exact) mass is 277 g/mol. The number of methoxy groups -OCH3 is 1. The molecule has 0 saturated heterocycles. The molecule has 0 aliphatic heterocycles. The third-order valence-electron chi connectivity index (χ3n) is 2.90. The summed E-state index contributed by atoms with van der Waals surface area (Å²) in [6.45, 7) is -0.165. The zero-order chi connectivity index (χ0) is 14.7. The van der Waals surface area contributed by atoms with Gasteiger partial charge in [0.2, 0.25) is 0 Å². The lowest BCUT2D eigenvalue weighted by molar-refractivity contribution is -0.137. The van der Waals surface area contributed by atoms with E-state index in [0.29, 0.717) is 11.1 Å². The summed E-state index contributed by atoms with van der Waals surface area (Å²) in [6, 6.07) is 7.23. The van der Waals surface area contributed by atoms with E-state index < -0.39 is 11.9 Å². The van der Waals surface area contributed by atoms with Gasteiger partial charge in [-0.05, 0) is 6.07 Å². The zero-order valence-electron chi connectivity index (χ0n) is 11.3. The summed E-state index contributed by atoms with van der Waals surface area (Å²) in [5.41, 5.74) is 1.21. The average Bonchev–Trinajstić information content (AvgIpc) is 2.77. The van der Waals surface area contributed by atoms with Crippen molar-refractivity contribution in [3.8, 4) is 0 Å². The van der Waals surface area contributed by atoms with Crippen LogP contribution in [0.15, 0.2) is 28.7 Å². The maximum absolute atomic E-state index is 12.3. The Morgan fingerprint density at radius 2 is 2.05 bits per heavy atom. The highest BCUT2D eigenvalue weighted by Crippen LogP contribution is 2.27. The number of fused-ring (bicyclic) bond motifs is 1. The predicted molar refractivity (Wildman–Crippen MR) is 71.5 cm³/mol. The number of carboxylic acid groups (broad SMARTS) is 1. The second kappa shape index (κ2) is 5.75. The van der Waals surface area contributed by atoms with Gasteiger partial charge in [-0.3, -0.25) is 9.59 Å².